The third-order valence-corrected chi connectivity index (χ3v) is 4.51. The van der Waals surface area contributed by atoms with Crippen LogP contribution in [0, 0.1) is 0 Å². The van der Waals surface area contributed by atoms with Crippen LogP contribution in [0.25, 0.3) is 0 Å². The largest absolute Gasteiger partial charge is 0.496 e. The SMILES string of the molecule is COc1cc(CPc2ccccc2)cc(CO)c1CO. The van der Waals surface area contributed by atoms with Crippen molar-refractivity contribution in [3.63, 3.8) is 0 Å². The Morgan fingerprint density at radius 2 is 1.80 bits per heavy atom. The van der Waals surface area contributed by atoms with Crippen molar-refractivity contribution in [1.29, 1.82) is 0 Å². The monoisotopic (exact) mass is 290 g/mol. The lowest BCUT2D eigenvalue weighted by atomic mass is 10.0. The van der Waals surface area contributed by atoms with Crippen molar-refractivity contribution in [2.45, 2.75) is 19.4 Å². The van der Waals surface area contributed by atoms with E-state index in [-0.39, 0.29) is 13.2 Å². The number of hydrogen-bond donors (Lipinski definition) is 2. The van der Waals surface area contributed by atoms with Crippen LogP contribution in [0.3, 0.4) is 0 Å². The highest BCUT2D eigenvalue weighted by Crippen LogP contribution is 2.28. The number of aliphatic hydroxyl groups is 2. The molecule has 0 spiro atoms. The van der Waals surface area contributed by atoms with Gasteiger partial charge in [0, 0.05) is 5.56 Å². The summed E-state index contributed by atoms with van der Waals surface area (Å²) in [7, 11) is 2.26. The molecule has 2 aromatic carbocycles. The van der Waals surface area contributed by atoms with Gasteiger partial charge in [0.15, 0.2) is 0 Å². The minimum atomic E-state index is -0.125. The van der Waals surface area contributed by atoms with Crippen LogP contribution >= 0.6 is 8.58 Å². The van der Waals surface area contributed by atoms with Gasteiger partial charge in [-0.15, -0.1) is 0 Å². The molecule has 0 saturated heterocycles. The van der Waals surface area contributed by atoms with Gasteiger partial charge in [-0.25, -0.2) is 0 Å². The van der Waals surface area contributed by atoms with E-state index < -0.39 is 0 Å². The highest BCUT2D eigenvalue weighted by molar-refractivity contribution is 7.46. The first-order chi connectivity index (χ1) is 9.78. The molecule has 2 N–H and O–H groups in total. The molecule has 0 aliphatic rings. The lowest BCUT2D eigenvalue weighted by Gasteiger charge is -2.13. The Hall–Kier alpha value is -1.41. The van der Waals surface area contributed by atoms with Gasteiger partial charge in [-0.1, -0.05) is 45.0 Å². The molecule has 2 rings (SSSR count). The van der Waals surface area contributed by atoms with Crippen LogP contribution < -0.4 is 10.0 Å². The van der Waals surface area contributed by atoms with Crippen molar-refractivity contribution in [2.24, 2.45) is 0 Å². The molecule has 4 heteroatoms. The van der Waals surface area contributed by atoms with Gasteiger partial charge in [0.25, 0.3) is 0 Å². The summed E-state index contributed by atoms with van der Waals surface area (Å²) in [6.45, 7) is -0.213. The van der Waals surface area contributed by atoms with Crippen molar-refractivity contribution in [3.05, 3.63) is 59.2 Å². The molecule has 0 heterocycles. The second-order valence-electron chi connectivity index (χ2n) is 4.47. The summed E-state index contributed by atoms with van der Waals surface area (Å²) in [5.74, 6) is 0.645. The first-order valence-corrected chi connectivity index (χ1v) is 7.68. The second-order valence-corrected chi connectivity index (χ2v) is 5.76. The molecule has 1 atom stereocenters. The zero-order valence-electron chi connectivity index (χ0n) is 11.5. The van der Waals surface area contributed by atoms with E-state index in [0.29, 0.717) is 19.9 Å². The molecular weight excluding hydrogens is 271 g/mol. The van der Waals surface area contributed by atoms with Gasteiger partial charge in [0.1, 0.15) is 5.75 Å². The maximum Gasteiger partial charge on any atom is 0.125 e. The highest BCUT2D eigenvalue weighted by atomic mass is 31.1. The summed E-state index contributed by atoms with van der Waals surface area (Å²) in [5, 5.41) is 20.1. The van der Waals surface area contributed by atoms with E-state index in [1.807, 2.05) is 30.3 Å². The van der Waals surface area contributed by atoms with E-state index in [4.69, 9.17) is 4.74 Å². The van der Waals surface area contributed by atoms with Crippen molar-refractivity contribution in [1.82, 2.24) is 0 Å². The zero-order valence-corrected chi connectivity index (χ0v) is 12.5. The number of methoxy groups -OCH3 is 1. The quantitative estimate of drug-likeness (QED) is 0.802. The molecule has 0 aliphatic carbocycles. The predicted octanol–water partition coefficient (Wildman–Crippen LogP) is 2.18. The number of aliphatic hydroxyl groups excluding tert-OH is 2. The molecule has 0 aromatic heterocycles. The van der Waals surface area contributed by atoms with Gasteiger partial charge in [-0.2, -0.15) is 0 Å². The molecule has 0 bridgehead atoms. The van der Waals surface area contributed by atoms with Gasteiger partial charge in [0.2, 0.25) is 0 Å². The van der Waals surface area contributed by atoms with Crippen LogP contribution in [0.15, 0.2) is 42.5 Å². The van der Waals surface area contributed by atoms with Crippen molar-refractivity contribution in [2.75, 3.05) is 7.11 Å². The summed E-state index contributed by atoms with van der Waals surface area (Å²) in [4.78, 5) is 0. The molecule has 1 unspecified atom stereocenters. The molecule has 2 aromatic rings. The molecule has 0 saturated carbocycles. The van der Waals surface area contributed by atoms with Gasteiger partial charge >= 0.3 is 0 Å². The minimum Gasteiger partial charge on any atom is -0.496 e. The molecule has 0 fully saturated rings. The summed E-state index contributed by atoms with van der Waals surface area (Å²) in [6, 6.07) is 14.2. The Morgan fingerprint density at radius 1 is 1.05 bits per heavy atom. The van der Waals surface area contributed by atoms with Gasteiger partial charge in [0.05, 0.1) is 20.3 Å². The summed E-state index contributed by atoms with van der Waals surface area (Å²) in [5.41, 5.74) is 2.52. The summed E-state index contributed by atoms with van der Waals surface area (Å²) < 4.78 is 5.30. The Labute approximate surface area is 121 Å². The van der Waals surface area contributed by atoms with E-state index in [1.165, 1.54) is 5.30 Å². The molecule has 3 nitrogen and oxygen atoms in total. The molecular formula is C16H19O3P. The lowest BCUT2D eigenvalue weighted by Crippen LogP contribution is -2.01. The average Bonchev–Trinajstić information content (AvgIpc) is 2.52. The predicted molar refractivity (Wildman–Crippen MR) is 82.9 cm³/mol. The third-order valence-electron chi connectivity index (χ3n) is 3.18. The molecule has 106 valence electrons. The maximum atomic E-state index is 9.41. The van der Waals surface area contributed by atoms with E-state index in [2.05, 4.69) is 12.1 Å². The second kappa shape index (κ2) is 7.39. The first kappa shape index (κ1) is 15.0. The van der Waals surface area contributed by atoms with Crippen LogP contribution in [0.1, 0.15) is 16.7 Å². The zero-order chi connectivity index (χ0) is 14.4. The normalized spacial score (nSPS) is 11.2. The van der Waals surface area contributed by atoms with Crippen molar-refractivity contribution >= 4 is 13.9 Å². The van der Waals surface area contributed by atoms with E-state index in [1.54, 1.807) is 7.11 Å². The average molecular weight is 290 g/mol. The molecule has 0 aliphatic heterocycles. The fourth-order valence-electron chi connectivity index (χ4n) is 2.13. The van der Waals surface area contributed by atoms with Gasteiger partial charge < -0.3 is 14.9 Å². The van der Waals surface area contributed by atoms with Crippen molar-refractivity contribution < 1.29 is 14.9 Å². The summed E-state index contributed by atoms with van der Waals surface area (Å²) >= 11 is 0. The van der Waals surface area contributed by atoms with Crippen molar-refractivity contribution in [3.8, 4) is 5.75 Å². The van der Waals surface area contributed by atoms with Gasteiger partial charge in [-0.3, -0.25) is 0 Å². The third kappa shape index (κ3) is 3.57. The standard InChI is InChI=1S/C16H19O3P/c1-19-16-8-12(7-13(9-17)15(16)10-18)11-20-14-5-3-2-4-6-14/h2-8,17-18,20H,9-11H2,1H3. The fourth-order valence-corrected chi connectivity index (χ4v) is 3.17. The Balaban J connectivity index is 2.19. The first-order valence-electron chi connectivity index (χ1n) is 6.47. The van der Waals surface area contributed by atoms with Crippen LogP contribution in [0.5, 0.6) is 5.75 Å². The number of hydrogen-bond acceptors (Lipinski definition) is 3. The topological polar surface area (TPSA) is 49.7 Å². The van der Waals surface area contributed by atoms with Crippen LogP contribution in [0.4, 0.5) is 0 Å². The smallest absolute Gasteiger partial charge is 0.125 e. The van der Waals surface area contributed by atoms with Gasteiger partial charge in [-0.05, 0) is 28.7 Å². The number of ether oxygens (including phenoxy) is 1. The van der Waals surface area contributed by atoms with E-state index in [9.17, 15) is 10.2 Å². The van der Waals surface area contributed by atoms with Crippen LogP contribution in [-0.2, 0) is 19.4 Å². The Kier molecular flexibility index (Phi) is 5.54. The number of benzene rings is 2. The Bertz CT molecular complexity index is 530. The molecule has 0 amide bonds. The molecule has 0 radical (unpaired) electrons. The van der Waals surface area contributed by atoms with E-state index >= 15 is 0 Å². The van der Waals surface area contributed by atoms with E-state index in [0.717, 1.165) is 17.3 Å². The lowest BCUT2D eigenvalue weighted by molar-refractivity contribution is 0.254. The Morgan fingerprint density at radius 3 is 2.40 bits per heavy atom. The van der Waals surface area contributed by atoms with Crippen LogP contribution in [0.2, 0.25) is 0 Å². The highest BCUT2D eigenvalue weighted by Gasteiger charge is 2.10. The number of rotatable bonds is 6. The minimum absolute atomic E-state index is 0.0887. The summed E-state index contributed by atoms with van der Waals surface area (Å²) in [6.07, 6.45) is 0.902. The maximum absolute atomic E-state index is 9.41. The fraction of sp³-hybridized carbons (Fsp3) is 0.250. The molecule has 20 heavy (non-hydrogen) atoms. The van der Waals surface area contributed by atoms with Crippen LogP contribution in [-0.4, -0.2) is 17.3 Å².